The predicted octanol–water partition coefficient (Wildman–Crippen LogP) is 8.91. The van der Waals surface area contributed by atoms with Crippen LogP contribution in [-0.2, 0) is 19.0 Å². The van der Waals surface area contributed by atoms with Crippen molar-refractivity contribution >= 4 is 29.2 Å². The lowest BCUT2D eigenvalue weighted by Crippen LogP contribution is -2.24. The second-order valence-electron chi connectivity index (χ2n) is 10.5. The molecule has 1 aromatic heterocycles. The summed E-state index contributed by atoms with van der Waals surface area (Å²) in [6.07, 6.45) is 2.31. The molecular weight excluding hydrogens is 572 g/mol. The van der Waals surface area contributed by atoms with E-state index in [0.717, 1.165) is 66.5 Å². The molecule has 0 spiro atoms. The van der Waals surface area contributed by atoms with Gasteiger partial charge in [-0.1, -0.05) is 36.4 Å². The van der Waals surface area contributed by atoms with Crippen LogP contribution in [-0.4, -0.2) is 31.4 Å². The first kappa shape index (κ1) is 29.2. The Hall–Kier alpha value is -3.29. The van der Waals surface area contributed by atoms with Gasteiger partial charge >= 0.3 is 12.1 Å². The number of carboxylic acid groups (broad SMARTS) is 1. The fourth-order valence-corrected chi connectivity index (χ4v) is 6.25. The number of carboxylic acids is 1. The molecule has 1 fully saturated rings. The molecule has 3 aromatic carbocycles. The molecule has 0 saturated heterocycles. The van der Waals surface area contributed by atoms with Gasteiger partial charge in [-0.2, -0.15) is 13.2 Å². The number of aromatic carboxylic acids is 1. The standard InChI is InChI=1S/C32H29Cl2F3N2O2/c33-25-13-16-27(28(34)18-25)29-19-39(26-14-11-22(12-15-26)31(40)41)30(38-29)6-1-3-20-7-9-21(10-8-20)23-4-2-5-24(17-23)32(35,36)37/h2,4-5,7-12,14-15,17,19,25,27-28H,1,3,6,13,16,18H2,(H,40,41)/t25?,27?,28-/m0/s1. The lowest BCUT2D eigenvalue weighted by molar-refractivity contribution is -0.137. The SMILES string of the molecule is O=C(O)c1ccc(-n2cc(C3CCC(Cl)C[C@@H]3Cl)nc2CCCc2ccc(-c3cccc(C(F)(F)F)c3)cc2)cc1. The first-order chi connectivity index (χ1) is 19.6. The van der Waals surface area contributed by atoms with Gasteiger partial charge in [-0.05, 0) is 85.2 Å². The summed E-state index contributed by atoms with van der Waals surface area (Å²) in [6, 6.07) is 19.6. The quantitative estimate of drug-likeness (QED) is 0.205. The van der Waals surface area contributed by atoms with Crippen molar-refractivity contribution < 1.29 is 23.1 Å². The Morgan fingerprint density at radius 3 is 2.34 bits per heavy atom. The van der Waals surface area contributed by atoms with E-state index >= 15 is 0 Å². The Kier molecular flexibility index (Phi) is 8.76. The molecule has 1 N–H and O–H groups in total. The summed E-state index contributed by atoms with van der Waals surface area (Å²) in [6.45, 7) is 0. The first-order valence-corrected chi connectivity index (χ1v) is 14.4. The number of aromatic nitrogens is 2. The van der Waals surface area contributed by atoms with Gasteiger partial charge in [0.05, 0.1) is 16.8 Å². The van der Waals surface area contributed by atoms with Crippen LogP contribution >= 0.6 is 23.2 Å². The molecule has 0 aliphatic heterocycles. The number of nitrogens with zero attached hydrogens (tertiary/aromatic N) is 2. The highest BCUT2D eigenvalue weighted by Crippen LogP contribution is 2.38. The van der Waals surface area contributed by atoms with Gasteiger partial charge in [0, 0.05) is 35.0 Å². The van der Waals surface area contributed by atoms with Crippen LogP contribution in [0.15, 0.2) is 79.0 Å². The van der Waals surface area contributed by atoms with Crippen LogP contribution in [0.5, 0.6) is 0 Å². The zero-order chi connectivity index (χ0) is 29.1. The van der Waals surface area contributed by atoms with Crippen LogP contribution in [0.3, 0.4) is 0 Å². The number of rotatable bonds is 8. The van der Waals surface area contributed by atoms with Crippen LogP contribution < -0.4 is 0 Å². The minimum Gasteiger partial charge on any atom is -0.478 e. The number of halogens is 5. The Morgan fingerprint density at radius 1 is 0.951 bits per heavy atom. The predicted molar refractivity (Wildman–Crippen MR) is 155 cm³/mol. The lowest BCUT2D eigenvalue weighted by atomic mass is 9.86. The van der Waals surface area contributed by atoms with E-state index in [0.29, 0.717) is 12.0 Å². The number of hydrogen-bond acceptors (Lipinski definition) is 2. The Morgan fingerprint density at radius 2 is 1.68 bits per heavy atom. The second kappa shape index (κ2) is 12.3. The van der Waals surface area contributed by atoms with E-state index in [4.69, 9.17) is 28.2 Å². The maximum atomic E-state index is 13.1. The van der Waals surface area contributed by atoms with Gasteiger partial charge in [0.2, 0.25) is 0 Å². The number of aryl methyl sites for hydroxylation is 2. The van der Waals surface area contributed by atoms with Crippen LogP contribution in [0.4, 0.5) is 13.2 Å². The van der Waals surface area contributed by atoms with Gasteiger partial charge in [0.25, 0.3) is 0 Å². The number of hydrogen-bond donors (Lipinski definition) is 1. The van der Waals surface area contributed by atoms with E-state index in [1.165, 1.54) is 12.1 Å². The first-order valence-electron chi connectivity index (χ1n) is 13.5. The summed E-state index contributed by atoms with van der Waals surface area (Å²) in [4.78, 5) is 16.3. The maximum Gasteiger partial charge on any atom is 0.416 e. The van der Waals surface area contributed by atoms with Gasteiger partial charge in [-0.15, -0.1) is 23.2 Å². The average molecular weight is 601 g/mol. The van der Waals surface area contributed by atoms with Crippen molar-refractivity contribution in [2.24, 2.45) is 0 Å². The molecule has 1 heterocycles. The lowest BCUT2D eigenvalue weighted by Gasteiger charge is -2.28. The topological polar surface area (TPSA) is 55.1 Å². The van der Waals surface area contributed by atoms with Crippen molar-refractivity contribution in [2.45, 2.75) is 61.4 Å². The molecule has 3 atom stereocenters. The summed E-state index contributed by atoms with van der Waals surface area (Å²) in [5.74, 6) is -0.0288. The highest BCUT2D eigenvalue weighted by atomic mass is 35.5. The minimum absolute atomic E-state index is 0.0684. The molecule has 0 amide bonds. The fourth-order valence-electron chi connectivity index (χ4n) is 5.37. The molecule has 2 unspecified atom stereocenters. The van der Waals surface area contributed by atoms with Crippen molar-refractivity contribution in [3.8, 4) is 16.8 Å². The van der Waals surface area contributed by atoms with Crippen molar-refractivity contribution in [1.82, 2.24) is 9.55 Å². The van der Waals surface area contributed by atoms with E-state index in [1.807, 2.05) is 35.0 Å². The monoisotopic (exact) mass is 600 g/mol. The van der Waals surface area contributed by atoms with E-state index in [9.17, 15) is 23.1 Å². The molecule has 5 rings (SSSR count). The molecular formula is C32H29Cl2F3N2O2. The third kappa shape index (κ3) is 6.96. The summed E-state index contributed by atoms with van der Waals surface area (Å²) in [5.41, 5.74) is 3.62. The molecule has 0 bridgehead atoms. The maximum absolute atomic E-state index is 13.1. The third-order valence-corrected chi connectivity index (χ3v) is 8.50. The van der Waals surface area contributed by atoms with Crippen LogP contribution in [0.1, 0.15) is 64.6 Å². The van der Waals surface area contributed by atoms with E-state index in [1.54, 1.807) is 30.3 Å². The highest BCUT2D eigenvalue weighted by Gasteiger charge is 2.32. The van der Waals surface area contributed by atoms with E-state index < -0.39 is 17.7 Å². The normalized spacial score (nSPS) is 19.3. The smallest absolute Gasteiger partial charge is 0.416 e. The Bertz CT molecular complexity index is 1500. The summed E-state index contributed by atoms with van der Waals surface area (Å²) >= 11 is 13.0. The number of carbonyl (C=O) groups is 1. The largest absolute Gasteiger partial charge is 0.478 e. The van der Waals surface area contributed by atoms with Crippen molar-refractivity contribution in [2.75, 3.05) is 0 Å². The Balaban J connectivity index is 1.32. The molecule has 9 heteroatoms. The minimum atomic E-state index is -4.38. The van der Waals surface area contributed by atoms with Gasteiger partial charge in [-0.25, -0.2) is 9.78 Å². The molecule has 214 valence electrons. The van der Waals surface area contributed by atoms with Gasteiger partial charge < -0.3 is 9.67 Å². The number of alkyl halides is 5. The van der Waals surface area contributed by atoms with Crippen molar-refractivity contribution in [1.29, 1.82) is 0 Å². The van der Waals surface area contributed by atoms with Gasteiger partial charge in [0.1, 0.15) is 5.82 Å². The summed E-state index contributed by atoms with van der Waals surface area (Å²) in [7, 11) is 0. The number of imidazole rings is 1. The van der Waals surface area contributed by atoms with Gasteiger partial charge in [-0.3, -0.25) is 0 Å². The van der Waals surface area contributed by atoms with E-state index in [2.05, 4.69) is 0 Å². The number of benzene rings is 3. The zero-order valence-corrected chi connectivity index (χ0v) is 23.6. The molecule has 41 heavy (non-hydrogen) atoms. The fraction of sp³-hybridized carbons (Fsp3) is 0.312. The molecule has 0 radical (unpaired) electrons. The van der Waals surface area contributed by atoms with Crippen molar-refractivity contribution in [3.05, 3.63) is 107 Å². The molecule has 4 nitrogen and oxygen atoms in total. The van der Waals surface area contributed by atoms with E-state index in [-0.39, 0.29) is 22.2 Å². The molecule has 1 saturated carbocycles. The average Bonchev–Trinajstić information content (AvgIpc) is 3.37. The summed E-state index contributed by atoms with van der Waals surface area (Å²) in [5, 5.41) is 9.25. The summed E-state index contributed by atoms with van der Waals surface area (Å²) < 4.78 is 41.3. The second-order valence-corrected chi connectivity index (χ2v) is 11.6. The zero-order valence-electron chi connectivity index (χ0n) is 22.1. The molecule has 4 aromatic rings. The highest BCUT2D eigenvalue weighted by molar-refractivity contribution is 6.24. The molecule has 1 aliphatic carbocycles. The molecule has 1 aliphatic rings. The van der Waals surface area contributed by atoms with Gasteiger partial charge in [0.15, 0.2) is 0 Å². The van der Waals surface area contributed by atoms with Crippen LogP contribution in [0, 0.1) is 0 Å². The third-order valence-electron chi connectivity index (χ3n) is 7.62. The Labute approximate surface area is 246 Å². The van der Waals surface area contributed by atoms with Crippen LogP contribution in [0.25, 0.3) is 16.8 Å². The van der Waals surface area contributed by atoms with Crippen LogP contribution in [0.2, 0.25) is 0 Å². The van der Waals surface area contributed by atoms with Crippen molar-refractivity contribution in [3.63, 3.8) is 0 Å².